The number of hydrogen-bond acceptors (Lipinski definition) is 4. The first-order valence-corrected chi connectivity index (χ1v) is 8.83. The first kappa shape index (κ1) is 14.4. The Labute approximate surface area is 138 Å². The Balaban J connectivity index is 1.58. The molecule has 120 valence electrons. The predicted molar refractivity (Wildman–Crippen MR) is 86.4 cm³/mol. The van der Waals surface area contributed by atoms with Crippen molar-refractivity contribution >= 4 is 23.2 Å². The Bertz CT molecular complexity index is 733. The minimum Gasteiger partial charge on any atom is -0.349 e. The molecule has 1 saturated carbocycles. The lowest BCUT2D eigenvalue weighted by atomic mass is 10.2. The molecule has 3 heterocycles. The minimum absolute atomic E-state index is 0.0226. The first-order chi connectivity index (χ1) is 11.2. The summed E-state index contributed by atoms with van der Waals surface area (Å²) < 4.78 is 1.86. The van der Waals surface area contributed by atoms with Crippen LogP contribution in [0.2, 0.25) is 0 Å². The lowest BCUT2D eigenvalue weighted by molar-refractivity contribution is 0.0743. The van der Waals surface area contributed by atoms with Crippen LogP contribution in [0.1, 0.15) is 45.7 Å². The molecule has 0 atom stereocenters. The molecule has 2 aromatic rings. The number of rotatable bonds is 3. The van der Waals surface area contributed by atoms with E-state index in [-0.39, 0.29) is 11.8 Å². The highest BCUT2D eigenvalue weighted by Gasteiger charge is 2.29. The molecule has 0 bridgehead atoms. The molecular weight excluding hydrogens is 312 g/mol. The molecule has 0 aromatic carbocycles. The fourth-order valence-corrected chi connectivity index (χ4v) is 3.49. The van der Waals surface area contributed by atoms with Gasteiger partial charge in [0.1, 0.15) is 0 Å². The van der Waals surface area contributed by atoms with Crippen LogP contribution in [0.4, 0.5) is 0 Å². The molecule has 0 spiro atoms. The summed E-state index contributed by atoms with van der Waals surface area (Å²) >= 11 is 1.52. The number of aryl methyl sites for hydroxylation is 1. The Morgan fingerprint density at radius 1 is 1.30 bits per heavy atom. The smallest absolute Gasteiger partial charge is 0.255 e. The molecule has 23 heavy (non-hydrogen) atoms. The molecule has 1 aliphatic carbocycles. The van der Waals surface area contributed by atoms with Gasteiger partial charge in [-0.25, -0.2) is 0 Å². The van der Waals surface area contributed by atoms with Gasteiger partial charge in [-0.3, -0.25) is 14.3 Å². The van der Waals surface area contributed by atoms with Gasteiger partial charge in [0.15, 0.2) is 0 Å². The van der Waals surface area contributed by atoms with Crippen LogP contribution in [0.25, 0.3) is 0 Å². The van der Waals surface area contributed by atoms with Crippen LogP contribution in [0.15, 0.2) is 23.0 Å². The zero-order valence-electron chi connectivity index (χ0n) is 12.7. The highest BCUT2D eigenvalue weighted by atomic mass is 32.1. The Kier molecular flexibility index (Phi) is 3.65. The van der Waals surface area contributed by atoms with Gasteiger partial charge in [0.05, 0.1) is 29.6 Å². The third-order valence-electron chi connectivity index (χ3n) is 4.30. The average molecular weight is 330 g/mol. The normalized spacial score (nSPS) is 17.5. The maximum absolute atomic E-state index is 12.6. The van der Waals surface area contributed by atoms with Crippen LogP contribution >= 0.6 is 11.3 Å². The molecule has 2 aliphatic rings. The van der Waals surface area contributed by atoms with E-state index in [0.717, 1.165) is 31.5 Å². The standard InChI is InChI=1S/C16H18N4O2S/c21-15(18-12-2-3-12)13-8-17-20-6-1-5-19(9-14(13)20)16(22)11-4-7-23-10-11/h4,7-8,10,12H,1-3,5-6,9H2,(H,18,21). The van der Waals surface area contributed by atoms with E-state index >= 15 is 0 Å². The molecule has 7 heteroatoms. The summed E-state index contributed by atoms with van der Waals surface area (Å²) in [6, 6.07) is 2.16. The number of amides is 2. The molecule has 1 aliphatic heterocycles. The first-order valence-electron chi connectivity index (χ1n) is 7.89. The van der Waals surface area contributed by atoms with Crippen molar-refractivity contribution < 1.29 is 9.59 Å². The summed E-state index contributed by atoms with van der Waals surface area (Å²) in [4.78, 5) is 26.8. The summed E-state index contributed by atoms with van der Waals surface area (Å²) in [7, 11) is 0. The van der Waals surface area contributed by atoms with Crippen molar-refractivity contribution in [2.45, 2.75) is 38.4 Å². The molecule has 6 nitrogen and oxygen atoms in total. The predicted octanol–water partition coefficient (Wildman–Crippen LogP) is 1.88. The van der Waals surface area contributed by atoms with Crippen LogP contribution in [0.3, 0.4) is 0 Å². The molecule has 2 aromatic heterocycles. The topological polar surface area (TPSA) is 67.2 Å². The van der Waals surface area contributed by atoms with Crippen molar-refractivity contribution in [2.24, 2.45) is 0 Å². The number of hydrogen-bond donors (Lipinski definition) is 1. The van der Waals surface area contributed by atoms with Crippen LogP contribution in [-0.2, 0) is 13.1 Å². The number of thiophene rings is 1. The van der Waals surface area contributed by atoms with E-state index in [1.807, 2.05) is 26.4 Å². The number of nitrogens with one attached hydrogen (secondary N) is 1. The largest absolute Gasteiger partial charge is 0.349 e. The highest BCUT2D eigenvalue weighted by Crippen LogP contribution is 2.22. The summed E-state index contributed by atoms with van der Waals surface area (Å²) in [6.07, 6.45) is 4.58. The molecule has 0 radical (unpaired) electrons. The molecule has 2 amide bonds. The molecule has 0 saturated heterocycles. The van der Waals surface area contributed by atoms with Crippen LogP contribution in [-0.4, -0.2) is 39.1 Å². The molecule has 1 fully saturated rings. The lowest BCUT2D eigenvalue weighted by Crippen LogP contribution is -2.32. The summed E-state index contributed by atoms with van der Waals surface area (Å²) in [6.45, 7) is 1.85. The van der Waals surface area contributed by atoms with Crippen LogP contribution in [0, 0.1) is 0 Å². The zero-order valence-corrected chi connectivity index (χ0v) is 13.5. The lowest BCUT2D eigenvalue weighted by Gasteiger charge is -2.20. The van der Waals surface area contributed by atoms with Crippen molar-refractivity contribution in [1.82, 2.24) is 20.0 Å². The Hall–Kier alpha value is -2.15. The number of carbonyl (C=O) groups excluding carboxylic acids is 2. The van der Waals surface area contributed by atoms with Gasteiger partial charge in [-0.15, -0.1) is 0 Å². The van der Waals surface area contributed by atoms with Gasteiger partial charge in [-0.05, 0) is 30.7 Å². The van der Waals surface area contributed by atoms with Crippen molar-refractivity contribution in [3.05, 3.63) is 39.8 Å². The quantitative estimate of drug-likeness (QED) is 0.934. The van der Waals surface area contributed by atoms with E-state index in [1.54, 1.807) is 6.20 Å². The monoisotopic (exact) mass is 330 g/mol. The van der Waals surface area contributed by atoms with Crippen molar-refractivity contribution in [3.63, 3.8) is 0 Å². The summed E-state index contributed by atoms with van der Waals surface area (Å²) in [5, 5.41) is 11.1. The fraction of sp³-hybridized carbons (Fsp3) is 0.438. The molecule has 0 unspecified atom stereocenters. The van der Waals surface area contributed by atoms with Crippen LogP contribution < -0.4 is 5.32 Å². The van der Waals surface area contributed by atoms with Gasteiger partial charge in [-0.2, -0.15) is 16.4 Å². The maximum Gasteiger partial charge on any atom is 0.255 e. The number of aromatic nitrogens is 2. The molecule has 1 N–H and O–H groups in total. The van der Waals surface area contributed by atoms with E-state index in [0.29, 0.717) is 30.3 Å². The van der Waals surface area contributed by atoms with Gasteiger partial charge >= 0.3 is 0 Å². The van der Waals surface area contributed by atoms with E-state index in [9.17, 15) is 9.59 Å². The van der Waals surface area contributed by atoms with Gasteiger partial charge in [0, 0.05) is 24.5 Å². The minimum atomic E-state index is -0.0708. The fourth-order valence-electron chi connectivity index (χ4n) is 2.86. The van der Waals surface area contributed by atoms with Crippen LogP contribution in [0.5, 0.6) is 0 Å². The average Bonchev–Trinajstić information content (AvgIpc) is 3.09. The summed E-state index contributed by atoms with van der Waals surface area (Å²) in [5.41, 5.74) is 2.15. The molecular formula is C16H18N4O2S. The second-order valence-corrected chi connectivity index (χ2v) is 6.85. The third-order valence-corrected chi connectivity index (χ3v) is 4.98. The van der Waals surface area contributed by atoms with Gasteiger partial charge < -0.3 is 10.2 Å². The Morgan fingerprint density at radius 3 is 2.91 bits per heavy atom. The second-order valence-electron chi connectivity index (χ2n) is 6.07. The van der Waals surface area contributed by atoms with E-state index in [4.69, 9.17) is 0 Å². The van der Waals surface area contributed by atoms with Crippen molar-refractivity contribution in [1.29, 1.82) is 0 Å². The number of nitrogens with zero attached hydrogens (tertiary/aromatic N) is 3. The number of carbonyl (C=O) groups is 2. The maximum atomic E-state index is 12.6. The molecule has 4 rings (SSSR count). The van der Waals surface area contributed by atoms with E-state index < -0.39 is 0 Å². The third kappa shape index (κ3) is 2.88. The highest BCUT2D eigenvalue weighted by molar-refractivity contribution is 7.08. The SMILES string of the molecule is O=C(NC1CC1)c1cnn2c1CN(C(=O)c1ccsc1)CCC2. The second kappa shape index (κ2) is 5.81. The van der Waals surface area contributed by atoms with Crippen molar-refractivity contribution in [2.75, 3.05) is 6.54 Å². The van der Waals surface area contributed by atoms with E-state index in [1.165, 1.54) is 11.3 Å². The van der Waals surface area contributed by atoms with E-state index in [2.05, 4.69) is 10.4 Å². The van der Waals surface area contributed by atoms with Gasteiger partial charge in [0.25, 0.3) is 11.8 Å². The van der Waals surface area contributed by atoms with Gasteiger partial charge in [0.2, 0.25) is 0 Å². The zero-order chi connectivity index (χ0) is 15.8. The van der Waals surface area contributed by atoms with Crippen molar-refractivity contribution in [3.8, 4) is 0 Å². The van der Waals surface area contributed by atoms with Gasteiger partial charge in [-0.1, -0.05) is 0 Å². The Morgan fingerprint density at radius 2 is 2.17 bits per heavy atom. The summed E-state index contributed by atoms with van der Waals surface area (Å²) in [5.74, 6) is -0.0481. The number of fused-ring (bicyclic) bond motifs is 1.